The summed E-state index contributed by atoms with van der Waals surface area (Å²) in [6.45, 7) is 1.83. The molecule has 21 heavy (non-hydrogen) atoms. The Morgan fingerprint density at radius 2 is 2.00 bits per heavy atom. The number of rotatable bonds is 6. The van der Waals surface area contributed by atoms with Gasteiger partial charge in [-0.1, -0.05) is 25.1 Å². The number of hydrogen-bond donors (Lipinski definition) is 2. The van der Waals surface area contributed by atoms with Crippen LogP contribution in [-0.4, -0.2) is 32.8 Å². The molecule has 1 heterocycles. The number of hydrogen-bond acceptors (Lipinski definition) is 3. The summed E-state index contributed by atoms with van der Waals surface area (Å²) in [7, 11) is 0. The third-order valence-corrected chi connectivity index (χ3v) is 3.09. The first kappa shape index (κ1) is 14.8. The van der Waals surface area contributed by atoms with E-state index in [-0.39, 0.29) is 18.0 Å². The van der Waals surface area contributed by atoms with E-state index in [4.69, 9.17) is 5.11 Å². The summed E-state index contributed by atoms with van der Waals surface area (Å²) in [5, 5.41) is 15.7. The molecule has 1 atom stereocenters. The Hall–Kier alpha value is -2.63. The molecule has 6 heteroatoms. The minimum atomic E-state index is -0.933. The summed E-state index contributed by atoms with van der Waals surface area (Å²) in [6.07, 6.45) is 2.15. The highest BCUT2D eigenvalue weighted by atomic mass is 16.4. The van der Waals surface area contributed by atoms with Gasteiger partial charge in [-0.15, -0.1) is 0 Å². The van der Waals surface area contributed by atoms with E-state index in [0.717, 1.165) is 5.69 Å². The van der Waals surface area contributed by atoms with Gasteiger partial charge in [-0.3, -0.25) is 9.59 Å². The Labute approximate surface area is 122 Å². The monoisotopic (exact) mass is 287 g/mol. The van der Waals surface area contributed by atoms with Gasteiger partial charge in [-0.2, -0.15) is 5.10 Å². The number of carboxylic acid groups (broad SMARTS) is 1. The maximum absolute atomic E-state index is 12.1. The third-order valence-electron chi connectivity index (χ3n) is 3.09. The molecule has 2 rings (SSSR count). The van der Waals surface area contributed by atoms with Gasteiger partial charge in [0, 0.05) is 12.2 Å². The summed E-state index contributed by atoms with van der Waals surface area (Å²) in [6, 6.07) is 10.7. The molecule has 0 saturated carbocycles. The first-order chi connectivity index (χ1) is 10.1. The molecular formula is C15H17N3O3. The average Bonchev–Trinajstić information content (AvgIpc) is 2.97. The predicted molar refractivity (Wildman–Crippen MR) is 77.4 cm³/mol. The quantitative estimate of drug-likeness (QED) is 0.849. The van der Waals surface area contributed by atoms with Crippen LogP contribution in [-0.2, 0) is 4.79 Å². The molecule has 110 valence electrons. The molecule has 0 radical (unpaired) electrons. The topological polar surface area (TPSA) is 84.2 Å². The van der Waals surface area contributed by atoms with Gasteiger partial charge < -0.3 is 10.4 Å². The lowest BCUT2D eigenvalue weighted by Crippen LogP contribution is -2.36. The lowest BCUT2D eigenvalue weighted by Gasteiger charge is -2.13. The minimum absolute atomic E-state index is 0.0956. The smallest absolute Gasteiger partial charge is 0.305 e. The van der Waals surface area contributed by atoms with Crippen molar-refractivity contribution in [3.05, 3.63) is 48.3 Å². The van der Waals surface area contributed by atoms with Crippen LogP contribution < -0.4 is 5.32 Å². The van der Waals surface area contributed by atoms with E-state index in [2.05, 4.69) is 10.4 Å². The van der Waals surface area contributed by atoms with Crippen molar-refractivity contribution in [2.24, 2.45) is 0 Å². The van der Waals surface area contributed by atoms with Crippen molar-refractivity contribution in [3.63, 3.8) is 0 Å². The second-order valence-corrected chi connectivity index (χ2v) is 4.66. The molecule has 0 aliphatic heterocycles. The second kappa shape index (κ2) is 6.69. The van der Waals surface area contributed by atoms with E-state index in [1.807, 2.05) is 37.3 Å². The fraction of sp³-hybridized carbons (Fsp3) is 0.267. The van der Waals surface area contributed by atoms with E-state index < -0.39 is 12.0 Å². The third kappa shape index (κ3) is 3.92. The lowest BCUT2D eigenvalue weighted by atomic mass is 10.1. The number of nitrogens with one attached hydrogen (secondary N) is 1. The molecule has 0 aliphatic rings. The number of benzene rings is 1. The minimum Gasteiger partial charge on any atom is -0.481 e. The first-order valence-electron chi connectivity index (χ1n) is 6.74. The normalized spacial score (nSPS) is 11.9. The van der Waals surface area contributed by atoms with Crippen molar-refractivity contribution in [1.29, 1.82) is 0 Å². The molecule has 6 nitrogen and oxygen atoms in total. The number of para-hydroxylation sites is 1. The molecular weight excluding hydrogens is 270 g/mol. The van der Waals surface area contributed by atoms with Crippen LogP contribution in [0, 0.1) is 0 Å². The van der Waals surface area contributed by atoms with Crippen molar-refractivity contribution in [2.45, 2.75) is 25.8 Å². The zero-order valence-electron chi connectivity index (χ0n) is 11.7. The fourth-order valence-corrected chi connectivity index (χ4v) is 1.94. The predicted octanol–water partition coefficient (Wildman–Crippen LogP) is 1.86. The van der Waals surface area contributed by atoms with Gasteiger partial charge in [-0.05, 0) is 24.6 Å². The standard InChI is InChI=1S/C15H17N3O3/c1-2-11(10-14(19)20)16-15(21)13-8-9-18(17-13)12-6-4-3-5-7-12/h3-9,11H,2,10H2,1H3,(H,16,21)(H,19,20). The van der Waals surface area contributed by atoms with Gasteiger partial charge in [0.05, 0.1) is 12.1 Å². The zero-order chi connectivity index (χ0) is 15.2. The van der Waals surface area contributed by atoms with Crippen molar-refractivity contribution in [2.75, 3.05) is 0 Å². The first-order valence-corrected chi connectivity index (χ1v) is 6.74. The van der Waals surface area contributed by atoms with E-state index in [1.54, 1.807) is 16.9 Å². The van der Waals surface area contributed by atoms with Gasteiger partial charge in [-0.25, -0.2) is 4.68 Å². The summed E-state index contributed by atoms with van der Waals surface area (Å²) >= 11 is 0. The molecule has 0 fully saturated rings. The molecule has 2 aromatic rings. The van der Waals surface area contributed by atoms with Gasteiger partial charge >= 0.3 is 5.97 Å². The Bertz CT molecular complexity index is 622. The molecule has 1 unspecified atom stereocenters. The van der Waals surface area contributed by atoms with E-state index in [1.165, 1.54) is 0 Å². The Kier molecular flexibility index (Phi) is 4.71. The van der Waals surface area contributed by atoms with E-state index in [0.29, 0.717) is 6.42 Å². The molecule has 0 bridgehead atoms. The van der Waals surface area contributed by atoms with Crippen molar-refractivity contribution >= 4 is 11.9 Å². The number of nitrogens with zero attached hydrogens (tertiary/aromatic N) is 2. The van der Waals surface area contributed by atoms with Crippen LogP contribution in [0.15, 0.2) is 42.6 Å². The Morgan fingerprint density at radius 3 is 2.62 bits per heavy atom. The molecule has 0 aliphatic carbocycles. The van der Waals surface area contributed by atoms with Crippen LogP contribution in [0.2, 0.25) is 0 Å². The van der Waals surface area contributed by atoms with Crippen molar-refractivity contribution < 1.29 is 14.7 Å². The summed E-state index contributed by atoms with van der Waals surface area (Å²) in [5.41, 5.74) is 1.12. The number of aromatic nitrogens is 2. The SMILES string of the molecule is CCC(CC(=O)O)NC(=O)c1ccn(-c2ccccc2)n1. The van der Waals surface area contributed by atoms with Crippen LogP contribution in [0.4, 0.5) is 0 Å². The largest absolute Gasteiger partial charge is 0.481 e. The molecule has 2 N–H and O–H groups in total. The highest BCUT2D eigenvalue weighted by Gasteiger charge is 2.17. The van der Waals surface area contributed by atoms with Gasteiger partial charge in [0.1, 0.15) is 0 Å². The van der Waals surface area contributed by atoms with Gasteiger partial charge in [0.25, 0.3) is 5.91 Å². The fourth-order valence-electron chi connectivity index (χ4n) is 1.94. The second-order valence-electron chi connectivity index (χ2n) is 4.66. The maximum Gasteiger partial charge on any atom is 0.305 e. The number of amides is 1. The maximum atomic E-state index is 12.1. The zero-order valence-corrected chi connectivity index (χ0v) is 11.7. The van der Waals surface area contributed by atoms with Crippen LogP contribution in [0.5, 0.6) is 0 Å². The number of aliphatic carboxylic acids is 1. The van der Waals surface area contributed by atoms with E-state index >= 15 is 0 Å². The van der Waals surface area contributed by atoms with Crippen LogP contribution in [0.3, 0.4) is 0 Å². The summed E-state index contributed by atoms with van der Waals surface area (Å²) < 4.78 is 1.60. The summed E-state index contributed by atoms with van der Waals surface area (Å²) in [4.78, 5) is 22.8. The highest BCUT2D eigenvalue weighted by Crippen LogP contribution is 2.07. The summed E-state index contributed by atoms with van der Waals surface area (Å²) in [5.74, 6) is -1.30. The van der Waals surface area contributed by atoms with Gasteiger partial charge in [0.15, 0.2) is 5.69 Å². The molecule has 0 saturated heterocycles. The highest BCUT2D eigenvalue weighted by molar-refractivity contribution is 5.92. The van der Waals surface area contributed by atoms with Crippen LogP contribution in [0.1, 0.15) is 30.3 Å². The molecule has 0 spiro atoms. The Morgan fingerprint density at radius 1 is 1.29 bits per heavy atom. The van der Waals surface area contributed by atoms with Crippen molar-refractivity contribution in [3.8, 4) is 5.69 Å². The lowest BCUT2D eigenvalue weighted by molar-refractivity contribution is -0.137. The van der Waals surface area contributed by atoms with Crippen LogP contribution in [0.25, 0.3) is 5.69 Å². The Balaban J connectivity index is 2.07. The number of carboxylic acids is 1. The van der Waals surface area contributed by atoms with Crippen molar-refractivity contribution in [1.82, 2.24) is 15.1 Å². The molecule has 1 aromatic heterocycles. The number of carbonyl (C=O) groups is 2. The average molecular weight is 287 g/mol. The van der Waals surface area contributed by atoms with Gasteiger partial charge in [0.2, 0.25) is 0 Å². The molecule has 1 aromatic carbocycles. The number of carbonyl (C=O) groups excluding carboxylic acids is 1. The van der Waals surface area contributed by atoms with Crippen LogP contribution >= 0.6 is 0 Å². The van der Waals surface area contributed by atoms with E-state index in [9.17, 15) is 9.59 Å². The molecule has 1 amide bonds.